The number of rotatable bonds is 4. The van der Waals surface area contributed by atoms with Crippen LogP contribution in [0.2, 0.25) is 0 Å². The van der Waals surface area contributed by atoms with Crippen molar-refractivity contribution in [1.29, 1.82) is 0 Å². The molecule has 0 aliphatic heterocycles. The molecule has 0 saturated heterocycles. The topological polar surface area (TPSA) is 72.2 Å². The Bertz CT molecular complexity index is 539. The summed E-state index contributed by atoms with van der Waals surface area (Å²) in [5.41, 5.74) is 1.37. The first-order valence-corrected chi connectivity index (χ1v) is 6.58. The molecule has 0 saturated carbocycles. The quantitative estimate of drug-likeness (QED) is 0.901. The van der Waals surface area contributed by atoms with Gasteiger partial charge in [-0.15, -0.1) is 0 Å². The lowest BCUT2D eigenvalue weighted by atomic mass is 10.0. The van der Waals surface area contributed by atoms with Crippen LogP contribution in [0.15, 0.2) is 4.79 Å². The van der Waals surface area contributed by atoms with E-state index in [1.54, 1.807) is 4.57 Å². The van der Waals surface area contributed by atoms with E-state index >= 15 is 0 Å². The van der Waals surface area contributed by atoms with Gasteiger partial charge in [0.1, 0.15) is 0 Å². The summed E-state index contributed by atoms with van der Waals surface area (Å²) in [6.07, 6.45) is 1.09. The van der Waals surface area contributed by atoms with Crippen LogP contribution < -0.4 is 5.69 Å². The molecule has 0 bridgehead atoms. The highest BCUT2D eigenvalue weighted by Crippen LogP contribution is 2.20. The minimum Gasteiger partial charge on any atom is -0.481 e. The van der Waals surface area contributed by atoms with Crippen molar-refractivity contribution >= 4 is 5.97 Å². The van der Waals surface area contributed by atoms with E-state index in [1.807, 2.05) is 34.6 Å². The first-order chi connectivity index (χ1) is 8.72. The molecular formula is C14H22N2O3. The number of aliphatic carboxylic acids is 1. The van der Waals surface area contributed by atoms with Gasteiger partial charge in [0.2, 0.25) is 0 Å². The first-order valence-electron chi connectivity index (χ1n) is 6.58. The van der Waals surface area contributed by atoms with Crippen LogP contribution in [0.25, 0.3) is 0 Å². The zero-order valence-corrected chi connectivity index (χ0v) is 12.3. The summed E-state index contributed by atoms with van der Waals surface area (Å²) in [5.74, 6) is -0.898. The predicted octanol–water partition coefficient (Wildman–Crippen LogP) is 1.75. The standard InChI is InChI=1S/C14H22N2O3/c1-6-10-9(8-12(17)18)11(7-2)16(13(19)15-10)14(3,4)5/h6-8H2,1-5H3,(H,17,18). The van der Waals surface area contributed by atoms with Crippen molar-refractivity contribution in [3.63, 3.8) is 0 Å². The summed E-state index contributed by atoms with van der Waals surface area (Å²) in [5, 5.41) is 9.05. The van der Waals surface area contributed by atoms with E-state index in [1.165, 1.54) is 0 Å². The highest BCUT2D eigenvalue weighted by molar-refractivity contribution is 5.71. The van der Waals surface area contributed by atoms with Crippen LogP contribution in [0, 0.1) is 0 Å². The van der Waals surface area contributed by atoms with Crippen molar-refractivity contribution in [1.82, 2.24) is 9.55 Å². The van der Waals surface area contributed by atoms with Gasteiger partial charge in [-0.2, -0.15) is 4.98 Å². The van der Waals surface area contributed by atoms with Crippen molar-refractivity contribution in [2.45, 2.75) is 59.4 Å². The van der Waals surface area contributed by atoms with Crippen LogP contribution in [0.3, 0.4) is 0 Å². The van der Waals surface area contributed by atoms with E-state index in [9.17, 15) is 9.59 Å². The van der Waals surface area contributed by atoms with Crippen LogP contribution >= 0.6 is 0 Å². The van der Waals surface area contributed by atoms with Gasteiger partial charge < -0.3 is 5.11 Å². The second-order valence-corrected chi connectivity index (χ2v) is 5.55. The van der Waals surface area contributed by atoms with Gasteiger partial charge >= 0.3 is 11.7 Å². The number of hydrogen-bond acceptors (Lipinski definition) is 3. The Labute approximate surface area is 113 Å². The Morgan fingerprint density at radius 1 is 1.26 bits per heavy atom. The Balaban J connectivity index is 3.68. The molecule has 0 radical (unpaired) electrons. The molecule has 0 spiro atoms. The second-order valence-electron chi connectivity index (χ2n) is 5.55. The lowest BCUT2D eigenvalue weighted by molar-refractivity contribution is -0.136. The van der Waals surface area contributed by atoms with E-state index in [-0.39, 0.29) is 12.1 Å². The number of nitrogens with zero attached hydrogens (tertiary/aromatic N) is 2. The maximum atomic E-state index is 12.2. The number of aromatic nitrogens is 2. The van der Waals surface area contributed by atoms with Gasteiger partial charge in [0.05, 0.1) is 12.1 Å². The van der Waals surface area contributed by atoms with Gasteiger partial charge in [0.15, 0.2) is 0 Å². The van der Waals surface area contributed by atoms with Crippen LogP contribution in [0.1, 0.15) is 51.6 Å². The number of carboxylic acid groups (broad SMARTS) is 1. The van der Waals surface area contributed by atoms with Crippen molar-refractivity contribution in [3.05, 3.63) is 27.4 Å². The largest absolute Gasteiger partial charge is 0.481 e. The van der Waals surface area contributed by atoms with Crippen molar-refractivity contribution in [2.24, 2.45) is 0 Å². The molecule has 1 heterocycles. The minimum atomic E-state index is -0.898. The Morgan fingerprint density at radius 3 is 2.21 bits per heavy atom. The fourth-order valence-corrected chi connectivity index (χ4v) is 2.36. The third-order valence-corrected chi connectivity index (χ3v) is 3.06. The predicted molar refractivity (Wildman–Crippen MR) is 73.6 cm³/mol. The number of aryl methyl sites for hydroxylation is 1. The fourth-order valence-electron chi connectivity index (χ4n) is 2.36. The molecule has 1 aromatic heterocycles. The summed E-state index contributed by atoms with van der Waals surface area (Å²) >= 11 is 0. The smallest absolute Gasteiger partial charge is 0.348 e. The summed E-state index contributed by atoms with van der Waals surface area (Å²) in [4.78, 5) is 27.3. The minimum absolute atomic E-state index is 0.0876. The lowest BCUT2D eigenvalue weighted by Crippen LogP contribution is -2.39. The number of carboxylic acids is 1. The molecule has 0 aliphatic carbocycles. The molecule has 1 rings (SSSR count). The average molecular weight is 266 g/mol. The maximum Gasteiger partial charge on any atom is 0.348 e. The summed E-state index contributed by atoms with van der Waals surface area (Å²) < 4.78 is 1.62. The van der Waals surface area contributed by atoms with Gasteiger partial charge in [-0.25, -0.2) is 4.79 Å². The molecule has 1 aromatic rings. The third-order valence-electron chi connectivity index (χ3n) is 3.06. The maximum absolute atomic E-state index is 12.2. The molecule has 0 amide bonds. The van der Waals surface area contributed by atoms with E-state index in [4.69, 9.17) is 5.11 Å². The Morgan fingerprint density at radius 2 is 1.84 bits per heavy atom. The molecule has 0 atom stereocenters. The van der Waals surface area contributed by atoms with Crippen LogP contribution in [-0.2, 0) is 29.6 Å². The van der Waals surface area contributed by atoms with Gasteiger partial charge in [-0.1, -0.05) is 13.8 Å². The molecule has 0 unspecified atom stereocenters. The normalized spacial score (nSPS) is 11.6. The van der Waals surface area contributed by atoms with Crippen molar-refractivity contribution in [2.75, 3.05) is 0 Å². The monoisotopic (exact) mass is 266 g/mol. The van der Waals surface area contributed by atoms with Gasteiger partial charge in [0, 0.05) is 16.8 Å². The number of hydrogen-bond donors (Lipinski definition) is 1. The highest BCUT2D eigenvalue weighted by Gasteiger charge is 2.23. The van der Waals surface area contributed by atoms with Gasteiger partial charge in [0.25, 0.3) is 0 Å². The van der Waals surface area contributed by atoms with E-state index in [0.29, 0.717) is 24.1 Å². The second kappa shape index (κ2) is 5.55. The lowest BCUT2D eigenvalue weighted by Gasteiger charge is -2.27. The average Bonchev–Trinajstić information content (AvgIpc) is 2.27. The number of carbonyl (C=O) groups is 1. The zero-order valence-electron chi connectivity index (χ0n) is 12.3. The zero-order chi connectivity index (χ0) is 14.8. The van der Waals surface area contributed by atoms with Gasteiger partial charge in [-0.05, 0) is 33.6 Å². The molecule has 106 valence electrons. The fraction of sp³-hybridized carbons (Fsp3) is 0.643. The molecule has 19 heavy (non-hydrogen) atoms. The van der Waals surface area contributed by atoms with Gasteiger partial charge in [-0.3, -0.25) is 9.36 Å². The highest BCUT2D eigenvalue weighted by atomic mass is 16.4. The molecular weight excluding hydrogens is 244 g/mol. The van der Waals surface area contributed by atoms with Crippen LogP contribution in [0.4, 0.5) is 0 Å². The summed E-state index contributed by atoms with van der Waals surface area (Å²) in [6, 6.07) is 0. The van der Waals surface area contributed by atoms with Crippen LogP contribution in [0.5, 0.6) is 0 Å². The van der Waals surface area contributed by atoms with Crippen molar-refractivity contribution < 1.29 is 9.90 Å². The Hall–Kier alpha value is -1.65. The SMILES string of the molecule is CCc1nc(=O)n(C(C)(C)C)c(CC)c1CC(=O)O. The molecule has 0 aromatic carbocycles. The molecule has 1 N–H and O–H groups in total. The van der Waals surface area contributed by atoms with E-state index in [0.717, 1.165) is 5.69 Å². The first kappa shape index (κ1) is 15.4. The summed E-state index contributed by atoms with van der Waals surface area (Å²) in [7, 11) is 0. The molecule has 5 heteroatoms. The molecule has 0 aliphatic rings. The Kier molecular flexibility index (Phi) is 4.50. The molecule has 0 fully saturated rings. The summed E-state index contributed by atoms with van der Waals surface area (Å²) in [6.45, 7) is 9.58. The van der Waals surface area contributed by atoms with E-state index in [2.05, 4.69) is 4.98 Å². The van der Waals surface area contributed by atoms with E-state index < -0.39 is 11.5 Å². The third kappa shape index (κ3) is 3.22. The van der Waals surface area contributed by atoms with Crippen molar-refractivity contribution in [3.8, 4) is 0 Å². The van der Waals surface area contributed by atoms with Crippen LogP contribution in [-0.4, -0.2) is 20.6 Å². The molecule has 5 nitrogen and oxygen atoms in total.